The number of nitrogens with zero attached hydrogens (tertiary/aromatic N) is 3. The molecule has 0 saturated carbocycles. The predicted octanol–water partition coefficient (Wildman–Crippen LogP) is 3.37. The maximum Gasteiger partial charge on any atom is 0.338 e. The Labute approximate surface area is 161 Å². The van der Waals surface area contributed by atoms with Gasteiger partial charge in [0.15, 0.2) is 0 Å². The summed E-state index contributed by atoms with van der Waals surface area (Å²) in [6.45, 7) is 5.34. The van der Waals surface area contributed by atoms with Gasteiger partial charge >= 0.3 is 5.97 Å². The van der Waals surface area contributed by atoms with E-state index in [2.05, 4.69) is 15.4 Å². The quantitative estimate of drug-likeness (QED) is 0.699. The number of carbonyl (C=O) groups excluding carboxylic acids is 2. The average Bonchev–Trinajstić information content (AvgIpc) is 3.06. The molecule has 0 unspecified atom stereocenters. The molecule has 0 aliphatic rings. The lowest BCUT2D eigenvalue weighted by Gasteiger charge is -2.11. The molecule has 1 heterocycles. The van der Waals surface area contributed by atoms with Gasteiger partial charge in [0.05, 0.1) is 18.4 Å². The zero-order valence-electron chi connectivity index (χ0n) is 15.9. The van der Waals surface area contributed by atoms with E-state index in [4.69, 9.17) is 4.74 Å². The number of amides is 1. The maximum atomic E-state index is 13.1. The number of methoxy groups -OCH3 is 1. The van der Waals surface area contributed by atoms with Gasteiger partial charge in [0.1, 0.15) is 11.6 Å². The molecule has 8 heteroatoms. The molecular formula is C20H19FN4O3. The van der Waals surface area contributed by atoms with E-state index in [1.807, 2.05) is 13.8 Å². The fraction of sp³-hybridized carbons (Fsp3) is 0.200. The highest BCUT2D eigenvalue weighted by molar-refractivity contribution is 6.02. The molecule has 0 fully saturated rings. The molecule has 2 aromatic carbocycles. The molecule has 1 aromatic heterocycles. The Bertz CT molecular complexity index is 1060. The summed E-state index contributed by atoms with van der Waals surface area (Å²) in [6, 6.07) is 9.01. The Morgan fingerprint density at radius 3 is 2.43 bits per heavy atom. The summed E-state index contributed by atoms with van der Waals surface area (Å²) >= 11 is 0. The van der Waals surface area contributed by atoms with Crippen LogP contribution in [0.1, 0.15) is 37.9 Å². The Morgan fingerprint density at radius 2 is 1.79 bits per heavy atom. The van der Waals surface area contributed by atoms with Gasteiger partial charge in [-0.05, 0) is 68.3 Å². The van der Waals surface area contributed by atoms with E-state index in [9.17, 15) is 14.0 Å². The fourth-order valence-electron chi connectivity index (χ4n) is 2.75. The first kappa shape index (κ1) is 19.2. The lowest BCUT2D eigenvalue weighted by atomic mass is 10.0. The molecule has 0 bridgehead atoms. The molecule has 28 heavy (non-hydrogen) atoms. The zero-order valence-corrected chi connectivity index (χ0v) is 15.9. The Morgan fingerprint density at radius 1 is 1.11 bits per heavy atom. The highest BCUT2D eigenvalue weighted by atomic mass is 19.1. The number of esters is 1. The van der Waals surface area contributed by atoms with Crippen LogP contribution in [0.25, 0.3) is 5.69 Å². The highest BCUT2D eigenvalue weighted by Gasteiger charge is 2.18. The van der Waals surface area contributed by atoms with E-state index in [1.165, 1.54) is 23.9 Å². The topological polar surface area (TPSA) is 86.1 Å². The van der Waals surface area contributed by atoms with Crippen molar-refractivity contribution in [3.05, 3.63) is 70.6 Å². The van der Waals surface area contributed by atoms with Crippen LogP contribution >= 0.6 is 0 Å². The predicted molar refractivity (Wildman–Crippen MR) is 101 cm³/mol. The van der Waals surface area contributed by atoms with Crippen molar-refractivity contribution in [2.75, 3.05) is 12.4 Å². The lowest BCUT2D eigenvalue weighted by molar-refractivity contribution is 0.0599. The number of ether oxygens (including phenoxy) is 1. The third-order valence-corrected chi connectivity index (χ3v) is 4.37. The number of rotatable bonds is 4. The molecule has 0 saturated heterocycles. The molecule has 1 amide bonds. The monoisotopic (exact) mass is 382 g/mol. The lowest BCUT2D eigenvalue weighted by Crippen LogP contribution is -2.15. The minimum Gasteiger partial charge on any atom is -0.465 e. The molecule has 7 nitrogen and oxygen atoms in total. The number of nitrogens with one attached hydrogen (secondary N) is 1. The van der Waals surface area contributed by atoms with Gasteiger partial charge < -0.3 is 10.1 Å². The zero-order chi connectivity index (χ0) is 20.4. The molecular weight excluding hydrogens is 363 g/mol. The number of aryl methyl sites for hydroxylation is 2. The molecule has 144 valence electrons. The van der Waals surface area contributed by atoms with Crippen LogP contribution in [-0.2, 0) is 4.74 Å². The number of halogens is 1. The molecule has 0 radical (unpaired) electrons. The molecule has 0 spiro atoms. The average molecular weight is 382 g/mol. The van der Waals surface area contributed by atoms with Crippen LogP contribution in [0, 0.1) is 26.6 Å². The van der Waals surface area contributed by atoms with Crippen molar-refractivity contribution in [3.8, 4) is 5.69 Å². The molecule has 3 rings (SSSR count). The van der Waals surface area contributed by atoms with Crippen molar-refractivity contribution in [2.24, 2.45) is 0 Å². The summed E-state index contributed by atoms with van der Waals surface area (Å²) in [5.74, 6) is -0.934. The molecule has 1 N–H and O–H groups in total. The minimum atomic E-state index is -0.525. The smallest absolute Gasteiger partial charge is 0.338 e. The van der Waals surface area contributed by atoms with Gasteiger partial charge in [0, 0.05) is 5.69 Å². The van der Waals surface area contributed by atoms with E-state index in [-0.39, 0.29) is 11.6 Å². The van der Waals surface area contributed by atoms with E-state index in [1.54, 1.807) is 31.2 Å². The van der Waals surface area contributed by atoms with E-state index >= 15 is 0 Å². The summed E-state index contributed by atoms with van der Waals surface area (Å²) in [4.78, 5) is 28.7. The number of aromatic nitrogens is 3. The van der Waals surface area contributed by atoms with Crippen LogP contribution in [-0.4, -0.2) is 33.8 Å². The van der Waals surface area contributed by atoms with Crippen molar-refractivity contribution in [1.82, 2.24) is 14.8 Å². The van der Waals surface area contributed by atoms with E-state index in [0.717, 1.165) is 11.1 Å². The maximum absolute atomic E-state index is 13.1. The standard InChI is InChI=1S/C20H19FN4O3/c1-11-9-15(10-17(12(11)2)20(27)28-4)23-19(26)18-22-13(3)25(24-18)16-7-5-14(21)6-8-16/h5-10H,1-4H3,(H,23,26). The third kappa shape index (κ3) is 3.75. The van der Waals surface area contributed by atoms with Crippen molar-refractivity contribution < 1.29 is 18.7 Å². The van der Waals surface area contributed by atoms with Gasteiger partial charge in [-0.2, -0.15) is 0 Å². The van der Waals surface area contributed by atoms with Crippen molar-refractivity contribution in [1.29, 1.82) is 0 Å². The fourth-order valence-corrected chi connectivity index (χ4v) is 2.75. The number of carbonyl (C=O) groups is 2. The van der Waals surface area contributed by atoms with Gasteiger partial charge in [-0.25, -0.2) is 18.9 Å². The molecule has 0 aliphatic heterocycles. The molecule has 0 aliphatic carbocycles. The van der Waals surface area contributed by atoms with Crippen LogP contribution in [0.2, 0.25) is 0 Å². The van der Waals surface area contributed by atoms with Crippen LogP contribution < -0.4 is 5.32 Å². The molecule has 0 atom stereocenters. The van der Waals surface area contributed by atoms with Gasteiger partial charge in [-0.3, -0.25) is 4.79 Å². The van der Waals surface area contributed by atoms with Crippen molar-refractivity contribution >= 4 is 17.6 Å². The highest BCUT2D eigenvalue weighted by Crippen LogP contribution is 2.21. The number of hydrogen-bond donors (Lipinski definition) is 1. The normalized spacial score (nSPS) is 10.6. The number of hydrogen-bond acceptors (Lipinski definition) is 5. The second kappa shape index (κ2) is 7.59. The van der Waals surface area contributed by atoms with Crippen molar-refractivity contribution in [2.45, 2.75) is 20.8 Å². The number of benzene rings is 2. The summed E-state index contributed by atoms with van der Waals surface area (Å²) in [7, 11) is 1.30. The Hall–Kier alpha value is -3.55. The van der Waals surface area contributed by atoms with Crippen LogP contribution in [0.5, 0.6) is 0 Å². The summed E-state index contributed by atoms with van der Waals surface area (Å²) in [5.41, 5.74) is 3.01. The summed E-state index contributed by atoms with van der Waals surface area (Å²) < 4.78 is 19.4. The van der Waals surface area contributed by atoms with Crippen LogP contribution in [0.3, 0.4) is 0 Å². The largest absolute Gasteiger partial charge is 0.465 e. The number of anilines is 1. The van der Waals surface area contributed by atoms with Crippen LogP contribution in [0.15, 0.2) is 36.4 Å². The van der Waals surface area contributed by atoms with Gasteiger partial charge in [-0.1, -0.05) is 0 Å². The third-order valence-electron chi connectivity index (χ3n) is 4.37. The summed E-state index contributed by atoms with van der Waals surface area (Å²) in [6.07, 6.45) is 0. The van der Waals surface area contributed by atoms with E-state index in [0.29, 0.717) is 22.8 Å². The van der Waals surface area contributed by atoms with Gasteiger partial charge in [-0.15, -0.1) is 5.10 Å². The van der Waals surface area contributed by atoms with Crippen LogP contribution in [0.4, 0.5) is 10.1 Å². The SMILES string of the molecule is COC(=O)c1cc(NC(=O)c2nc(C)n(-c3ccc(F)cc3)n2)cc(C)c1C. The second-order valence-corrected chi connectivity index (χ2v) is 6.28. The van der Waals surface area contributed by atoms with Gasteiger partial charge in [0.2, 0.25) is 5.82 Å². The first-order valence-corrected chi connectivity index (χ1v) is 8.50. The first-order chi connectivity index (χ1) is 13.3. The Kier molecular flexibility index (Phi) is 5.21. The minimum absolute atomic E-state index is 0.0420. The second-order valence-electron chi connectivity index (χ2n) is 6.28. The van der Waals surface area contributed by atoms with E-state index < -0.39 is 11.9 Å². The van der Waals surface area contributed by atoms with Gasteiger partial charge in [0.25, 0.3) is 5.91 Å². The Balaban J connectivity index is 1.88. The summed E-state index contributed by atoms with van der Waals surface area (Å²) in [5, 5.41) is 6.90. The molecule has 3 aromatic rings. The van der Waals surface area contributed by atoms with Crippen molar-refractivity contribution in [3.63, 3.8) is 0 Å². The first-order valence-electron chi connectivity index (χ1n) is 8.50.